The number of rotatable bonds is 9. The van der Waals surface area contributed by atoms with Crippen molar-refractivity contribution in [1.29, 1.82) is 0 Å². The molecule has 0 atom stereocenters. The molecule has 8 aromatic carbocycles. The van der Waals surface area contributed by atoms with Crippen LogP contribution in [0.15, 0.2) is 218 Å². The highest BCUT2D eigenvalue weighted by Crippen LogP contribution is 2.37. The molecule has 0 saturated carbocycles. The fourth-order valence-corrected chi connectivity index (χ4v) is 8.13. The first-order chi connectivity index (χ1) is 34.0. The first-order valence-corrected chi connectivity index (χ1v) is 23.6. The zero-order valence-corrected chi connectivity index (χ0v) is 40.0. The molecule has 1 fully saturated rings. The Balaban J connectivity index is 0.000000166. The van der Waals surface area contributed by atoms with Gasteiger partial charge in [-0.15, -0.1) is 0 Å². The summed E-state index contributed by atoms with van der Waals surface area (Å²) in [4.78, 5) is 29.0. The third kappa shape index (κ3) is 10.2. The average molecular weight is 931 g/mol. The van der Waals surface area contributed by atoms with Crippen molar-refractivity contribution in [3.05, 3.63) is 223 Å². The summed E-state index contributed by atoms with van der Waals surface area (Å²) in [6.07, 6.45) is 0. The SMILES string of the molecule is CC1(C)OB(c2ccc(-c3nc(-c4ccccc4)nc(-c4cccc(-c5ccccc5)c4)n3)cc2)OC1(C)C.Clc1ccc(-c2nc(-c3ccccc3)nc(-c3cccc(-c4ccccc4)c3)n2)cc1. The first kappa shape index (κ1) is 45.8. The zero-order valence-electron chi connectivity index (χ0n) is 39.2. The van der Waals surface area contributed by atoms with E-state index in [9.17, 15) is 0 Å². The molecule has 340 valence electrons. The Morgan fingerprint density at radius 3 is 0.929 bits per heavy atom. The minimum atomic E-state index is -0.418. The summed E-state index contributed by atoms with van der Waals surface area (Å²) < 4.78 is 12.5. The highest BCUT2D eigenvalue weighted by atomic mass is 35.5. The van der Waals surface area contributed by atoms with Crippen molar-refractivity contribution in [2.24, 2.45) is 0 Å². The van der Waals surface area contributed by atoms with Crippen LogP contribution in [0.4, 0.5) is 0 Å². The van der Waals surface area contributed by atoms with E-state index in [4.69, 9.17) is 50.8 Å². The monoisotopic (exact) mass is 930 g/mol. The second kappa shape index (κ2) is 20.0. The van der Waals surface area contributed by atoms with E-state index in [1.165, 1.54) is 0 Å². The molecule has 1 aliphatic heterocycles. The molecule has 70 heavy (non-hydrogen) atoms. The quantitative estimate of drug-likeness (QED) is 0.132. The highest BCUT2D eigenvalue weighted by molar-refractivity contribution is 6.62. The second-order valence-electron chi connectivity index (χ2n) is 18.0. The number of nitrogens with zero attached hydrogens (tertiary/aromatic N) is 6. The van der Waals surface area contributed by atoms with Gasteiger partial charge in [-0.3, -0.25) is 0 Å². The van der Waals surface area contributed by atoms with Gasteiger partial charge in [0.25, 0.3) is 0 Å². The van der Waals surface area contributed by atoms with E-state index in [2.05, 4.69) is 76.2 Å². The summed E-state index contributed by atoms with van der Waals surface area (Å²) in [5.41, 5.74) is 10.3. The summed E-state index contributed by atoms with van der Waals surface area (Å²) >= 11 is 6.08. The molecule has 10 aromatic rings. The van der Waals surface area contributed by atoms with Crippen molar-refractivity contribution >= 4 is 24.2 Å². The van der Waals surface area contributed by atoms with Gasteiger partial charge in [-0.1, -0.05) is 194 Å². The average Bonchev–Trinajstić information content (AvgIpc) is 3.65. The third-order valence-corrected chi connectivity index (χ3v) is 12.8. The molecule has 3 heterocycles. The predicted molar refractivity (Wildman–Crippen MR) is 284 cm³/mol. The standard InChI is InChI=1S/C33H30BN3O2.C27H18ClN3/c1-32(2)33(3,4)39-34(38-32)28-20-18-25(19-21-28)30-35-29(24-14-9-6-10-15-24)36-31(37-30)27-17-11-16-26(22-27)23-12-7-5-8-13-23;28-24-16-14-21(15-17-24)26-29-25(20-10-5-2-6-11-20)30-27(31-26)23-13-7-12-22(18-23)19-8-3-1-4-9-19/h5-22H,1-4H3;1-18H. The number of hydrogen-bond donors (Lipinski definition) is 0. The lowest BCUT2D eigenvalue weighted by atomic mass is 9.79. The maximum absolute atomic E-state index is 6.23. The van der Waals surface area contributed by atoms with Crippen molar-refractivity contribution in [3.8, 4) is 90.6 Å². The number of benzene rings is 8. The fraction of sp³-hybridized carbons (Fsp3) is 0.100. The Bertz CT molecular complexity index is 3370. The van der Waals surface area contributed by atoms with Crippen LogP contribution < -0.4 is 5.46 Å². The molecule has 0 unspecified atom stereocenters. The molecule has 11 rings (SSSR count). The third-order valence-electron chi connectivity index (χ3n) is 12.6. The summed E-state index contributed by atoms with van der Waals surface area (Å²) in [5.74, 6) is 3.77. The minimum Gasteiger partial charge on any atom is -0.399 e. The van der Waals surface area contributed by atoms with Gasteiger partial charge >= 0.3 is 7.12 Å². The Hall–Kier alpha value is -7.95. The molecule has 1 saturated heterocycles. The van der Waals surface area contributed by atoms with Gasteiger partial charge in [-0.25, -0.2) is 29.9 Å². The van der Waals surface area contributed by atoms with Crippen molar-refractivity contribution in [2.45, 2.75) is 38.9 Å². The van der Waals surface area contributed by atoms with E-state index < -0.39 is 18.3 Å². The van der Waals surface area contributed by atoms with Crippen LogP contribution in [0, 0.1) is 0 Å². The largest absolute Gasteiger partial charge is 0.494 e. The van der Waals surface area contributed by atoms with Crippen LogP contribution in [0.2, 0.25) is 5.02 Å². The van der Waals surface area contributed by atoms with E-state index in [0.717, 1.165) is 61.1 Å². The van der Waals surface area contributed by atoms with Crippen LogP contribution in [-0.4, -0.2) is 48.2 Å². The Morgan fingerprint density at radius 1 is 0.300 bits per heavy atom. The first-order valence-electron chi connectivity index (χ1n) is 23.2. The molecular weight excluding hydrogens is 883 g/mol. The maximum Gasteiger partial charge on any atom is 0.494 e. The van der Waals surface area contributed by atoms with Gasteiger partial charge in [0.15, 0.2) is 34.9 Å². The summed E-state index contributed by atoms with van der Waals surface area (Å²) in [7, 11) is -0.418. The maximum atomic E-state index is 6.23. The predicted octanol–water partition coefficient (Wildman–Crippen LogP) is 14.0. The van der Waals surface area contributed by atoms with Crippen LogP contribution in [-0.2, 0) is 9.31 Å². The van der Waals surface area contributed by atoms with Crippen molar-refractivity contribution in [3.63, 3.8) is 0 Å². The van der Waals surface area contributed by atoms with Crippen molar-refractivity contribution in [1.82, 2.24) is 29.9 Å². The molecule has 0 aliphatic carbocycles. The minimum absolute atomic E-state index is 0.391. The molecular formula is C60H48BClN6O2. The summed E-state index contributed by atoms with van der Waals surface area (Å²) in [6.45, 7) is 8.24. The Kier molecular flexibility index (Phi) is 13.1. The zero-order chi connectivity index (χ0) is 48.1. The Labute approximate surface area is 414 Å². The van der Waals surface area contributed by atoms with E-state index in [1.807, 2.05) is 170 Å². The van der Waals surface area contributed by atoms with Gasteiger partial charge in [0, 0.05) is 38.4 Å². The molecule has 1 aliphatic rings. The molecule has 0 N–H and O–H groups in total. The van der Waals surface area contributed by atoms with Crippen molar-refractivity contribution < 1.29 is 9.31 Å². The smallest absolute Gasteiger partial charge is 0.399 e. The van der Waals surface area contributed by atoms with Gasteiger partial charge in [0.2, 0.25) is 0 Å². The van der Waals surface area contributed by atoms with Crippen LogP contribution in [0.25, 0.3) is 90.6 Å². The van der Waals surface area contributed by atoms with Crippen LogP contribution >= 0.6 is 11.6 Å². The molecule has 10 heteroatoms. The molecule has 0 bridgehead atoms. The van der Waals surface area contributed by atoms with E-state index in [1.54, 1.807) is 0 Å². The second-order valence-corrected chi connectivity index (χ2v) is 18.4. The van der Waals surface area contributed by atoms with Gasteiger partial charge in [-0.2, -0.15) is 0 Å². The van der Waals surface area contributed by atoms with E-state index >= 15 is 0 Å². The topological polar surface area (TPSA) is 95.8 Å². The van der Waals surface area contributed by atoms with E-state index in [0.29, 0.717) is 40.0 Å². The molecule has 0 amide bonds. The summed E-state index contributed by atoms with van der Waals surface area (Å²) in [6, 6.07) is 72.8. The highest BCUT2D eigenvalue weighted by Gasteiger charge is 2.51. The van der Waals surface area contributed by atoms with Crippen LogP contribution in [0.5, 0.6) is 0 Å². The van der Waals surface area contributed by atoms with Crippen LogP contribution in [0.3, 0.4) is 0 Å². The molecule has 0 radical (unpaired) electrons. The number of hydrogen-bond acceptors (Lipinski definition) is 8. The lowest BCUT2D eigenvalue weighted by Gasteiger charge is -2.32. The van der Waals surface area contributed by atoms with Gasteiger partial charge < -0.3 is 9.31 Å². The lowest BCUT2D eigenvalue weighted by Crippen LogP contribution is -2.41. The Morgan fingerprint density at radius 2 is 0.571 bits per heavy atom. The van der Waals surface area contributed by atoms with Gasteiger partial charge in [0.05, 0.1) is 11.2 Å². The molecule has 0 spiro atoms. The fourth-order valence-electron chi connectivity index (χ4n) is 8.01. The van der Waals surface area contributed by atoms with Gasteiger partial charge in [-0.05, 0) is 91.8 Å². The van der Waals surface area contributed by atoms with Crippen molar-refractivity contribution in [2.75, 3.05) is 0 Å². The van der Waals surface area contributed by atoms with Crippen LogP contribution in [0.1, 0.15) is 27.7 Å². The molecule has 2 aromatic heterocycles. The molecule has 8 nitrogen and oxygen atoms in total. The van der Waals surface area contributed by atoms with E-state index in [-0.39, 0.29) is 0 Å². The lowest BCUT2D eigenvalue weighted by molar-refractivity contribution is 0.00578. The number of halogens is 1. The summed E-state index contributed by atoms with van der Waals surface area (Å²) in [5, 5.41) is 0.678. The van der Waals surface area contributed by atoms with Gasteiger partial charge in [0.1, 0.15) is 0 Å². The normalized spacial score (nSPS) is 13.6. The number of aromatic nitrogens is 6.